The first-order valence-electron chi connectivity index (χ1n) is 4.60. The van der Waals surface area contributed by atoms with Crippen molar-refractivity contribution < 1.29 is 9.53 Å². The maximum absolute atomic E-state index is 11.4. The molecule has 1 aromatic carbocycles. The van der Waals surface area contributed by atoms with Crippen molar-refractivity contribution in [1.29, 1.82) is 10.5 Å². The monoisotopic (exact) mass is 228 g/mol. The minimum Gasteiger partial charge on any atom is -0.465 e. The third-order valence-corrected chi connectivity index (χ3v) is 1.83. The molecule has 0 unspecified atom stereocenters. The van der Waals surface area contributed by atoms with Gasteiger partial charge in [-0.15, -0.1) is 0 Å². The van der Waals surface area contributed by atoms with Crippen LogP contribution in [0.1, 0.15) is 10.4 Å². The predicted octanol–water partition coefficient (Wildman–Crippen LogP) is 1.97. The lowest BCUT2D eigenvalue weighted by atomic mass is 10.2. The Morgan fingerprint density at radius 2 is 2.00 bits per heavy atom. The van der Waals surface area contributed by atoms with E-state index in [0.717, 1.165) is 0 Å². The van der Waals surface area contributed by atoms with Gasteiger partial charge in [-0.05, 0) is 12.1 Å². The topological polar surface area (TPSA) is 98.6 Å². The number of rotatable bonds is 3. The van der Waals surface area contributed by atoms with Crippen LogP contribution in [0.15, 0.2) is 34.5 Å². The number of methoxy groups -OCH3 is 1. The summed E-state index contributed by atoms with van der Waals surface area (Å²) >= 11 is 0. The molecular weight excluding hydrogens is 220 g/mol. The molecule has 0 heterocycles. The van der Waals surface area contributed by atoms with E-state index < -0.39 is 12.0 Å². The lowest BCUT2D eigenvalue weighted by Crippen LogP contribution is -2.01. The maximum atomic E-state index is 11.4. The van der Waals surface area contributed by atoms with Crippen LogP contribution in [0.4, 0.5) is 5.69 Å². The van der Waals surface area contributed by atoms with Gasteiger partial charge in [0.1, 0.15) is 12.1 Å². The highest BCUT2D eigenvalue weighted by molar-refractivity contribution is 5.94. The normalized spacial score (nSPS) is 9.88. The molecule has 0 bridgehead atoms. The molecule has 0 aromatic heterocycles. The van der Waals surface area contributed by atoms with E-state index in [0.29, 0.717) is 0 Å². The molecule has 0 saturated heterocycles. The molecule has 0 spiro atoms. The number of esters is 1. The number of carbonyl (C=O) groups is 1. The van der Waals surface area contributed by atoms with E-state index >= 15 is 0 Å². The zero-order valence-electron chi connectivity index (χ0n) is 8.99. The van der Waals surface area contributed by atoms with Gasteiger partial charge in [-0.2, -0.15) is 20.8 Å². The minimum atomic E-state index is -1.18. The van der Waals surface area contributed by atoms with Crippen LogP contribution >= 0.6 is 0 Å². The Hall–Kier alpha value is -2.73. The molecular formula is C11H8N4O2. The van der Waals surface area contributed by atoms with Gasteiger partial charge >= 0.3 is 5.97 Å². The van der Waals surface area contributed by atoms with Crippen LogP contribution in [0.2, 0.25) is 0 Å². The molecule has 0 atom stereocenters. The standard InChI is InChI=1S/C11H8N4O2/c1-17-11(16)9-4-2-3-5-10(9)15-14-8(6-12)7-13/h2-5,8H,1H3. The molecule has 0 aliphatic rings. The fraction of sp³-hybridized carbons (Fsp3) is 0.182. The van der Waals surface area contributed by atoms with Crippen molar-refractivity contribution in [1.82, 2.24) is 0 Å². The molecule has 0 fully saturated rings. The Balaban J connectivity index is 3.04. The second-order valence-electron chi connectivity index (χ2n) is 2.88. The van der Waals surface area contributed by atoms with Gasteiger partial charge in [0, 0.05) is 0 Å². The first-order chi connectivity index (χ1) is 8.22. The summed E-state index contributed by atoms with van der Waals surface area (Å²) in [5, 5.41) is 24.2. The van der Waals surface area contributed by atoms with Crippen molar-refractivity contribution >= 4 is 11.7 Å². The third kappa shape index (κ3) is 3.11. The Labute approximate surface area is 97.8 Å². The average Bonchev–Trinajstić information content (AvgIpc) is 2.39. The van der Waals surface area contributed by atoms with E-state index in [2.05, 4.69) is 15.0 Å². The van der Waals surface area contributed by atoms with Gasteiger partial charge in [0.2, 0.25) is 6.04 Å². The van der Waals surface area contributed by atoms with Gasteiger partial charge in [-0.3, -0.25) is 0 Å². The van der Waals surface area contributed by atoms with Gasteiger partial charge in [0.25, 0.3) is 0 Å². The van der Waals surface area contributed by atoms with Crippen molar-refractivity contribution in [2.75, 3.05) is 7.11 Å². The van der Waals surface area contributed by atoms with Crippen molar-refractivity contribution in [2.45, 2.75) is 6.04 Å². The van der Waals surface area contributed by atoms with Crippen molar-refractivity contribution in [3.05, 3.63) is 29.8 Å². The van der Waals surface area contributed by atoms with Crippen LogP contribution < -0.4 is 0 Å². The average molecular weight is 228 g/mol. The minimum absolute atomic E-state index is 0.230. The van der Waals surface area contributed by atoms with E-state index in [1.54, 1.807) is 30.3 Å². The summed E-state index contributed by atoms with van der Waals surface area (Å²) in [6, 6.07) is 8.49. The highest BCUT2D eigenvalue weighted by atomic mass is 16.5. The van der Waals surface area contributed by atoms with Gasteiger partial charge in [0.15, 0.2) is 0 Å². The van der Waals surface area contributed by atoms with Crippen molar-refractivity contribution in [2.24, 2.45) is 10.2 Å². The first-order valence-corrected chi connectivity index (χ1v) is 4.60. The fourth-order valence-corrected chi connectivity index (χ4v) is 1.04. The molecule has 17 heavy (non-hydrogen) atoms. The second kappa shape index (κ2) is 5.99. The second-order valence-corrected chi connectivity index (χ2v) is 2.88. The van der Waals surface area contributed by atoms with Crippen molar-refractivity contribution in [3.8, 4) is 12.1 Å². The molecule has 0 saturated carbocycles. The Morgan fingerprint density at radius 1 is 1.35 bits per heavy atom. The number of hydrogen-bond donors (Lipinski definition) is 0. The largest absolute Gasteiger partial charge is 0.465 e. The highest BCUT2D eigenvalue weighted by Gasteiger charge is 2.11. The predicted molar refractivity (Wildman–Crippen MR) is 57.3 cm³/mol. The van der Waals surface area contributed by atoms with Crippen LogP contribution in [-0.4, -0.2) is 19.1 Å². The molecule has 1 aromatic rings. The molecule has 1 rings (SSSR count). The molecule has 0 amide bonds. The lowest BCUT2D eigenvalue weighted by molar-refractivity contribution is 0.0601. The molecule has 0 N–H and O–H groups in total. The van der Waals surface area contributed by atoms with E-state index in [1.165, 1.54) is 13.2 Å². The van der Waals surface area contributed by atoms with Crippen LogP contribution in [0.25, 0.3) is 0 Å². The molecule has 0 aliphatic carbocycles. The van der Waals surface area contributed by atoms with E-state index in [-0.39, 0.29) is 11.3 Å². The number of azo groups is 1. The van der Waals surface area contributed by atoms with Gasteiger partial charge < -0.3 is 4.74 Å². The summed E-state index contributed by atoms with van der Waals surface area (Å²) in [5.74, 6) is -0.551. The summed E-state index contributed by atoms with van der Waals surface area (Å²) in [5.41, 5.74) is 0.489. The van der Waals surface area contributed by atoms with Crippen molar-refractivity contribution in [3.63, 3.8) is 0 Å². The summed E-state index contributed by atoms with van der Waals surface area (Å²) < 4.78 is 4.57. The number of carbonyl (C=O) groups excluding carboxylic acids is 1. The summed E-state index contributed by atoms with van der Waals surface area (Å²) in [7, 11) is 1.25. The summed E-state index contributed by atoms with van der Waals surface area (Å²) in [6.45, 7) is 0. The maximum Gasteiger partial charge on any atom is 0.340 e. The third-order valence-electron chi connectivity index (χ3n) is 1.83. The van der Waals surface area contributed by atoms with Gasteiger partial charge in [-0.1, -0.05) is 12.1 Å². The van der Waals surface area contributed by atoms with Gasteiger partial charge in [-0.25, -0.2) is 4.79 Å². The highest BCUT2D eigenvalue weighted by Crippen LogP contribution is 2.20. The number of nitrogens with zero attached hydrogens (tertiary/aromatic N) is 4. The smallest absolute Gasteiger partial charge is 0.340 e. The van der Waals surface area contributed by atoms with Crippen LogP contribution in [-0.2, 0) is 4.74 Å². The van der Waals surface area contributed by atoms with Gasteiger partial charge in [0.05, 0.1) is 18.4 Å². The molecule has 0 aliphatic heterocycles. The van der Waals surface area contributed by atoms with Crippen LogP contribution in [0, 0.1) is 22.7 Å². The fourth-order valence-electron chi connectivity index (χ4n) is 1.04. The quantitative estimate of drug-likeness (QED) is 0.583. The lowest BCUT2D eigenvalue weighted by Gasteiger charge is -2.01. The van der Waals surface area contributed by atoms with E-state index in [9.17, 15) is 4.79 Å². The zero-order chi connectivity index (χ0) is 12.7. The molecule has 84 valence electrons. The first kappa shape index (κ1) is 12.3. The molecule has 6 nitrogen and oxygen atoms in total. The van der Waals surface area contributed by atoms with Crippen LogP contribution in [0.3, 0.4) is 0 Å². The number of hydrogen-bond acceptors (Lipinski definition) is 6. The van der Waals surface area contributed by atoms with E-state index in [4.69, 9.17) is 10.5 Å². The zero-order valence-corrected chi connectivity index (χ0v) is 8.99. The Kier molecular flexibility index (Phi) is 4.34. The molecule has 0 radical (unpaired) electrons. The Morgan fingerprint density at radius 3 is 2.59 bits per heavy atom. The SMILES string of the molecule is COC(=O)c1ccccc1N=NC(C#N)C#N. The molecule has 6 heteroatoms. The number of benzene rings is 1. The van der Waals surface area contributed by atoms with Crippen LogP contribution in [0.5, 0.6) is 0 Å². The summed E-state index contributed by atoms with van der Waals surface area (Å²) in [4.78, 5) is 11.4. The number of nitriles is 2. The van der Waals surface area contributed by atoms with E-state index in [1.807, 2.05) is 0 Å². The Bertz CT molecular complexity index is 511. The summed E-state index contributed by atoms with van der Waals surface area (Å²) in [6.07, 6.45) is 0. The number of ether oxygens (including phenoxy) is 1.